The monoisotopic (exact) mass is 175 g/mol. The van der Waals surface area contributed by atoms with E-state index in [4.69, 9.17) is 10.2 Å². The predicted octanol–water partition coefficient (Wildman–Crippen LogP) is -0.794. The summed E-state index contributed by atoms with van der Waals surface area (Å²) in [6.07, 6.45) is -0.0463. The summed E-state index contributed by atoms with van der Waals surface area (Å²) in [5, 5.41) is 19.1. The quantitative estimate of drug-likeness (QED) is 0.511. The van der Waals surface area contributed by atoms with E-state index in [2.05, 4.69) is 5.32 Å². The van der Waals surface area contributed by atoms with Crippen molar-refractivity contribution in [2.75, 3.05) is 13.2 Å². The third-order valence-corrected chi connectivity index (χ3v) is 1.35. The summed E-state index contributed by atoms with van der Waals surface area (Å²) in [6.45, 7) is 1.50. The molecular weight excluding hydrogens is 162 g/mol. The van der Waals surface area contributed by atoms with Gasteiger partial charge in [-0.15, -0.1) is 0 Å². The Kier molecular flexibility index (Phi) is 5.03. The lowest BCUT2D eigenvalue weighted by Gasteiger charge is -2.05. The summed E-state index contributed by atoms with van der Waals surface area (Å²) < 4.78 is 0. The molecule has 1 amide bonds. The standard InChI is InChI=1S/C7H13NO4/c1-5(7(11)12)4-6(10)8-2-3-9/h5,9H,2-4H2,1H3,(H,8,10)(H,11,12). The average Bonchev–Trinajstić information content (AvgIpc) is 2.00. The van der Waals surface area contributed by atoms with Crippen molar-refractivity contribution in [3.05, 3.63) is 0 Å². The van der Waals surface area contributed by atoms with Crippen LogP contribution in [-0.4, -0.2) is 35.2 Å². The van der Waals surface area contributed by atoms with Crippen LogP contribution in [0.15, 0.2) is 0 Å². The van der Waals surface area contributed by atoms with Gasteiger partial charge in [0.25, 0.3) is 0 Å². The highest BCUT2D eigenvalue weighted by Gasteiger charge is 2.14. The third kappa shape index (κ3) is 4.68. The normalized spacial score (nSPS) is 12.2. The highest BCUT2D eigenvalue weighted by atomic mass is 16.4. The van der Waals surface area contributed by atoms with E-state index in [1.165, 1.54) is 6.92 Å². The third-order valence-electron chi connectivity index (χ3n) is 1.35. The molecule has 0 radical (unpaired) electrons. The van der Waals surface area contributed by atoms with Gasteiger partial charge in [-0.1, -0.05) is 6.92 Å². The number of carbonyl (C=O) groups excluding carboxylic acids is 1. The fourth-order valence-electron chi connectivity index (χ4n) is 0.633. The van der Waals surface area contributed by atoms with Crippen LogP contribution in [0.5, 0.6) is 0 Å². The van der Waals surface area contributed by atoms with Gasteiger partial charge in [-0.05, 0) is 0 Å². The van der Waals surface area contributed by atoms with Gasteiger partial charge in [0.2, 0.25) is 5.91 Å². The van der Waals surface area contributed by atoms with Crippen LogP contribution in [0.4, 0.5) is 0 Å². The molecule has 3 N–H and O–H groups in total. The fraction of sp³-hybridized carbons (Fsp3) is 0.714. The Morgan fingerprint density at radius 2 is 2.08 bits per heavy atom. The van der Waals surface area contributed by atoms with Gasteiger partial charge in [0.1, 0.15) is 0 Å². The Hall–Kier alpha value is -1.10. The Balaban J connectivity index is 3.61. The summed E-state index contributed by atoms with van der Waals surface area (Å²) in [6, 6.07) is 0. The van der Waals surface area contributed by atoms with E-state index in [1.807, 2.05) is 0 Å². The van der Waals surface area contributed by atoms with Crippen LogP contribution < -0.4 is 5.32 Å². The molecule has 12 heavy (non-hydrogen) atoms. The lowest BCUT2D eigenvalue weighted by atomic mass is 10.1. The molecule has 70 valence electrons. The lowest BCUT2D eigenvalue weighted by Crippen LogP contribution is -2.29. The maximum atomic E-state index is 10.8. The highest BCUT2D eigenvalue weighted by molar-refractivity contribution is 5.81. The largest absolute Gasteiger partial charge is 0.481 e. The van der Waals surface area contributed by atoms with Crippen molar-refractivity contribution < 1.29 is 19.8 Å². The molecule has 0 heterocycles. The zero-order valence-corrected chi connectivity index (χ0v) is 6.91. The van der Waals surface area contributed by atoms with Gasteiger partial charge in [-0.2, -0.15) is 0 Å². The van der Waals surface area contributed by atoms with E-state index in [9.17, 15) is 9.59 Å². The van der Waals surface area contributed by atoms with Crippen molar-refractivity contribution in [2.45, 2.75) is 13.3 Å². The maximum absolute atomic E-state index is 10.8. The van der Waals surface area contributed by atoms with Crippen LogP contribution in [-0.2, 0) is 9.59 Å². The van der Waals surface area contributed by atoms with E-state index >= 15 is 0 Å². The number of hydrogen-bond acceptors (Lipinski definition) is 3. The minimum absolute atomic E-state index is 0.0463. The van der Waals surface area contributed by atoms with Crippen molar-refractivity contribution in [3.8, 4) is 0 Å². The van der Waals surface area contributed by atoms with Crippen LogP contribution in [0.1, 0.15) is 13.3 Å². The maximum Gasteiger partial charge on any atom is 0.306 e. The van der Waals surface area contributed by atoms with E-state index < -0.39 is 11.9 Å². The predicted molar refractivity (Wildman–Crippen MR) is 41.5 cm³/mol. The Morgan fingerprint density at radius 1 is 1.50 bits per heavy atom. The van der Waals surface area contributed by atoms with Crippen molar-refractivity contribution in [1.29, 1.82) is 0 Å². The topological polar surface area (TPSA) is 86.6 Å². The first-order valence-corrected chi connectivity index (χ1v) is 3.68. The smallest absolute Gasteiger partial charge is 0.306 e. The molecule has 1 atom stereocenters. The Bertz CT molecular complexity index is 169. The number of rotatable bonds is 5. The number of aliphatic hydroxyl groups excluding tert-OH is 1. The zero-order chi connectivity index (χ0) is 9.56. The Morgan fingerprint density at radius 3 is 2.50 bits per heavy atom. The van der Waals surface area contributed by atoms with E-state index in [1.54, 1.807) is 0 Å². The van der Waals surface area contributed by atoms with Crippen molar-refractivity contribution in [3.63, 3.8) is 0 Å². The summed E-state index contributed by atoms with van der Waals surface area (Å²) in [5.41, 5.74) is 0. The minimum atomic E-state index is -0.992. The molecule has 0 spiro atoms. The molecule has 5 heteroatoms. The molecule has 0 aromatic rings. The first-order chi connectivity index (χ1) is 5.57. The molecule has 0 saturated heterocycles. The molecule has 0 aromatic carbocycles. The van der Waals surface area contributed by atoms with Gasteiger partial charge >= 0.3 is 5.97 Å². The number of aliphatic carboxylic acids is 1. The summed E-state index contributed by atoms with van der Waals surface area (Å²) in [4.78, 5) is 21.1. The second-order valence-corrected chi connectivity index (χ2v) is 2.52. The first kappa shape index (κ1) is 10.9. The van der Waals surface area contributed by atoms with Crippen LogP contribution in [0.2, 0.25) is 0 Å². The van der Waals surface area contributed by atoms with E-state index in [0.29, 0.717) is 0 Å². The number of carboxylic acids is 1. The minimum Gasteiger partial charge on any atom is -0.481 e. The van der Waals surface area contributed by atoms with Crippen molar-refractivity contribution >= 4 is 11.9 Å². The molecule has 5 nitrogen and oxygen atoms in total. The van der Waals surface area contributed by atoms with E-state index in [-0.39, 0.29) is 25.5 Å². The number of amides is 1. The molecule has 0 aliphatic carbocycles. The van der Waals surface area contributed by atoms with Gasteiger partial charge in [0.05, 0.1) is 12.5 Å². The molecule has 0 aliphatic rings. The van der Waals surface area contributed by atoms with Crippen LogP contribution in [0.3, 0.4) is 0 Å². The molecule has 0 aromatic heterocycles. The summed E-state index contributed by atoms with van der Waals surface area (Å²) in [7, 11) is 0. The van der Waals surface area contributed by atoms with Gasteiger partial charge in [-0.25, -0.2) is 0 Å². The van der Waals surface area contributed by atoms with Crippen LogP contribution >= 0.6 is 0 Å². The molecule has 0 rings (SSSR count). The Labute approximate surface area is 70.4 Å². The molecule has 0 fully saturated rings. The SMILES string of the molecule is CC(CC(=O)NCCO)C(=O)O. The average molecular weight is 175 g/mol. The number of nitrogens with one attached hydrogen (secondary N) is 1. The zero-order valence-electron chi connectivity index (χ0n) is 6.91. The number of carbonyl (C=O) groups is 2. The molecule has 0 saturated carbocycles. The van der Waals surface area contributed by atoms with Gasteiger partial charge in [-0.3, -0.25) is 9.59 Å². The molecule has 1 unspecified atom stereocenters. The highest BCUT2D eigenvalue weighted by Crippen LogP contribution is 2.00. The first-order valence-electron chi connectivity index (χ1n) is 3.68. The number of hydrogen-bond donors (Lipinski definition) is 3. The number of aliphatic hydroxyl groups is 1. The fourth-order valence-corrected chi connectivity index (χ4v) is 0.633. The second kappa shape index (κ2) is 5.54. The molecule has 0 bridgehead atoms. The van der Waals surface area contributed by atoms with Gasteiger partial charge in [0, 0.05) is 13.0 Å². The van der Waals surface area contributed by atoms with Gasteiger partial charge < -0.3 is 15.5 Å². The van der Waals surface area contributed by atoms with Crippen molar-refractivity contribution in [2.24, 2.45) is 5.92 Å². The molecule has 0 aliphatic heterocycles. The van der Waals surface area contributed by atoms with E-state index in [0.717, 1.165) is 0 Å². The molecular formula is C7H13NO4. The summed E-state index contributed by atoms with van der Waals surface area (Å²) in [5.74, 6) is -2.02. The number of carboxylic acid groups (broad SMARTS) is 1. The summed E-state index contributed by atoms with van der Waals surface area (Å²) >= 11 is 0. The van der Waals surface area contributed by atoms with Crippen molar-refractivity contribution in [1.82, 2.24) is 5.32 Å². The van der Waals surface area contributed by atoms with Gasteiger partial charge in [0.15, 0.2) is 0 Å². The van der Waals surface area contributed by atoms with Crippen LogP contribution in [0, 0.1) is 5.92 Å². The van der Waals surface area contributed by atoms with Crippen LogP contribution in [0.25, 0.3) is 0 Å². The second-order valence-electron chi connectivity index (χ2n) is 2.52. The lowest BCUT2D eigenvalue weighted by molar-refractivity contribution is -0.143.